The van der Waals surface area contributed by atoms with Gasteiger partial charge in [0.25, 0.3) is 0 Å². The molecule has 2 aromatic carbocycles. The fraction of sp³-hybridized carbons (Fsp3) is 0. The van der Waals surface area contributed by atoms with E-state index in [0.29, 0.717) is 21.2 Å². The Kier molecular flexibility index (Phi) is 4.67. The van der Waals surface area contributed by atoms with Crippen molar-refractivity contribution in [2.24, 2.45) is 0 Å². The second-order valence-electron chi connectivity index (χ2n) is 3.60. The summed E-state index contributed by atoms with van der Waals surface area (Å²) in [5, 5.41) is 10.6. The summed E-state index contributed by atoms with van der Waals surface area (Å²) in [4.78, 5) is 0. The average Bonchev–Trinajstić information content (AvgIpc) is 2.35. The molecule has 0 spiro atoms. The van der Waals surface area contributed by atoms with Crippen LogP contribution < -0.4 is 0 Å². The number of rotatable bonds is 1. The van der Waals surface area contributed by atoms with E-state index in [1.165, 1.54) is 6.07 Å². The normalized spacial score (nSPS) is 10.8. The molecule has 100 valence electrons. The maximum Gasteiger partial charge on any atom is 0.137 e. The van der Waals surface area contributed by atoms with Gasteiger partial charge in [-0.15, -0.1) is 0 Å². The molecule has 0 saturated carbocycles. The van der Waals surface area contributed by atoms with Gasteiger partial charge in [0.05, 0.1) is 25.1 Å². The highest BCUT2D eigenvalue weighted by Gasteiger charge is 2.21. The van der Waals surface area contributed by atoms with Crippen LogP contribution in [0.3, 0.4) is 0 Å². The molecule has 19 heavy (non-hydrogen) atoms. The first-order chi connectivity index (χ1) is 8.84. The second kappa shape index (κ2) is 5.77. The summed E-state index contributed by atoms with van der Waals surface area (Å²) in [5.41, 5.74) is 0.691. The fourth-order valence-electron chi connectivity index (χ4n) is 1.57. The van der Waals surface area contributed by atoms with Crippen LogP contribution in [0, 0.1) is 0 Å². The molecule has 0 aliphatic heterocycles. The van der Waals surface area contributed by atoms with Gasteiger partial charge in [-0.05, 0) is 12.1 Å². The van der Waals surface area contributed by atoms with Crippen molar-refractivity contribution in [3.8, 4) is 16.9 Å². The summed E-state index contributed by atoms with van der Waals surface area (Å²) in [6.07, 6.45) is 0. The molecule has 2 aromatic rings. The topological polar surface area (TPSA) is 20.2 Å². The first-order valence-corrected chi connectivity index (χ1v) is 7.11. The van der Waals surface area contributed by atoms with E-state index in [1.54, 1.807) is 12.1 Å². The van der Waals surface area contributed by atoms with Crippen LogP contribution in [0.2, 0.25) is 30.1 Å². The lowest BCUT2D eigenvalue weighted by atomic mass is 10.0. The Labute approximate surface area is 139 Å². The third-order valence-corrected chi connectivity index (χ3v) is 4.71. The van der Waals surface area contributed by atoms with Crippen molar-refractivity contribution >= 4 is 69.6 Å². The summed E-state index contributed by atoms with van der Waals surface area (Å²) < 4.78 is 0. The summed E-state index contributed by atoms with van der Waals surface area (Å²) >= 11 is 36.2. The van der Waals surface area contributed by atoms with Crippen LogP contribution in [0.5, 0.6) is 5.75 Å². The molecule has 0 bridgehead atoms. The monoisotopic (exact) mass is 374 g/mol. The molecule has 7 heteroatoms. The van der Waals surface area contributed by atoms with Crippen LogP contribution in [0.25, 0.3) is 11.1 Å². The zero-order chi connectivity index (χ0) is 14.3. The fourth-order valence-corrected chi connectivity index (χ4v) is 3.07. The molecule has 0 radical (unpaired) electrons. The molecule has 0 aliphatic carbocycles. The maximum atomic E-state index is 9.55. The smallest absolute Gasteiger partial charge is 0.137 e. The van der Waals surface area contributed by atoms with Gasteiger partial charge in [-0.1, -0.05) is 69.6 Å². The van der Waals surface area contributed by atoms with Crippen molar-refractivity contribution in [3.63, 3.8) is 0 Å². The Morgan fingerprint density at radius 2 is 1.16 bits per heavy atom. The van der Waals surface area contributed by atoms with Crippen molar-refractivity contribution in [3.05, 3.63) is 48.3 Å². The predicted octanol–water partition coefficient (Wildman–Crippen LogP) is 6.98. The van der Waals surface area contributed by atoms with Crippen molar-refractivity contribution < 1.29 is 5.11 Å². The van der Waals surface area contributed by atoms with E-state index >= 15 is 0 Å². The van der Waals surface area contributed by atoms with Gasteiger partial charge in [0.2, 0.25) is 0 Å². The Hall–Kier alpha value is -0.0200. The van der Waals surface area contributed by atoms with Gasteiger partial charge in [-0.25, -0.2) is 0 Å². The van der Waals surface area contributed by atoms with Crippen molar-refractivity contribution in [1.29, 1.82) is 0 Å². The standard InChI is InChI=1S/C12H4Cl6O/c13-4-1-2-5(14)10(16)8(4)9-6(15)3-7(19)11(17)12(9)18/h1-3,19H. The quantitative estimate of drug-likeness (QED) is 0.532. The van der Waals surface area contributed by atoms with Crippen LogP contribution in [0.4, 0.5) is 0 Å². The molecular weight excluding hydrogens is 373 g/mol. The largest absolute Gasteiger partial charge is 0.506 e. The summed E-state index contributed by atoms with van der Waals surface area (Å²) in [6.45, 7) is 0. The third-order valence-electron chi connectivity index (χ3n) is 2.43. The Morgan fingerprint density at radius 3 is 1.79 bits per heavy atom. The first kappa shape index (κ1) is 15.4. The highest BCUT2D eigenvalue weighted by atomic mass is 35.5. The molecule has 0 fully saturated rings. The number of aromatic hydroxyl groups is 1. The number of halogens is 6. The molecule has 0 amide bonds. The molecular formula is C12H4Cl6O. The molecule has 1 nitrogen and oxygen atoms in total. The maximum absolute atomic E-state index is 9.55. The Balaban J connectivity index is 2.88. The number of phenolic OH excluding ortho intramolecular Hbond substituents is 1. The van der Waals surface area contributed by atoms with E-state index < -0.39 is 0 Å². The Bertz CT molecular complexity index is 668. The van der Waals surface area contributed by atoms with Gasteiger partial charge in [-0.3, -0.25) is 0 Å². The van der Waals surface area contributed by atoms with E-state index in [1.807, 2.05) is 0 Å². The number of hydrogen-bond acceptors (Lipinski definition) is 1. The van der Waals surface area contributed by atoms with E-state index in [9.17, 15) is 5.11 Å². The van der Waals surface area contributed by atoms with Gasteiger partial charge < -0.3 is 5.11 Å². The molecule has 0 aliphatic rings. The molecule has 0 unspecified atom stereocenters. The number of phenols is 1. The molecule has 0 atom stereocenters. The van der Waals surface area contributed by atoms with Crippen LogP contribution in [-0.4, -0.2) is 5.11 Å². The van der Waals surface area contributed by atoms with Gasteiger partial charge in [-0.2, -0.15) is 0 Å². The lowest BCUT2D eigenvalue weighted by Gasteiger charge is -2.14. The summed E-state index contributed by atoms with van der Waals surface area (Å²) in [7, 11) is 0. The van der Waals surface area contributed by atoms with Crippen LogP contribution in [-0.2, 0) is 0 Å². The van der Waals surface area contributed by atoms with Crippen molar-refractivity contribution in [1.82, 2.24) is 0 Å². The molecule has 0 aromatic heterocycles. The van der Waals surface area contributed by atoms with Crippen molar-refractivity contribution in [2.45, 2.75) is 0 Å². The number of benzene rings is 2. The van der Waals surface area contributed by atoms with Crippen molar-refractivity contribution in [2.75, 3.05) is 0 Å². The second-order valence-corrected chi connectivity index (χ2v) is 5.95. The lowest BCUT2D eigenvalue weighted by molar-refractivity contribution is 0.476. The minimum absolute atomic E-state index is 0.0341. The van der Waals surface area contributed by atoms with Crippen LogP contribution >= 0.6 is 69.6 Å². The zero-order valence-corrected chi connectivity index (χ0v) is 13.5. The summed E-state index contributed by atoms with van der Waals surface area (Å²) in [6, 6.07) is 4.39. The van der Waals surface area contributed by atoms with Gasteiger partial charge in [0, 0.05) is 17.2 Å². The van der Waals surface area contributed by atoms with Crippen LogP contribution in [0.1, 0.15) is 0 Å². The van der Waals surface area contributed by atoms with Gasteiger partial charge >= 0.3 is 0 Å². The first-order valence-electron chi connectivity index (χ1n) is 4.85. The van der Waals surface area contributed by atoms with E-state index in [2.05, 4.69) is 0 Å². The third kappa shape index (κ3) is 2.73. The predicted molar refractivity (Wildman–Crippen MR) is 83.6 cm³/mol. The molecule has 2 rings (SSSR count). The minimum atomic E-state index is -0.227. The average molecular weight is 377 g/mol. The van der Waals surface area contributed by atoms with Crippen LogP contribution in [0.15, 0.2) is 18.2 Å². The Morgan fingerprint density at radius 1 is 0.632 bits per heavy atom. The van der Waals surface area contributed by atoms with E-state index in [0.717, 1.165) is 0 Å². The minimum Gasteiger partial charge on any atom is -0.506 e. The molecule has 0 saturated heterocycles. The number of hydrogen-bond donors (Lipinski definition) is 1. The zero-order valence-electron chi connectivity index (χ0n) is 8.95. The summed E-state index contributed by atoms with van der Waals surface area (Å²) in [5.74, 6) is -0.227. The van der Waals surface area contributed by atoms with E-state index in [4.69, 9.17) is 69.6 Å². The van der Waals surface area contributed by atoms with Gasteiger partial charge in [0.1, 0.15) is 10.8 Å². The van der Waals surface area contributed by atoms with E-state index in [-0.39, 0.29) is 25.8 Å². The lowest BCUT2D eigenvalue weighted by Crippen LogP contribution is -1.88. The molecule has 1 N–H and O–H groups in total. The molecule has 0 heterocycles. The highest BCUT2D eigenvalue weighted by Crippen LogP contribution is 2.49. The highest BCUT2D eigenvalue weighted by molar-refractivity contribution is 6.50. The van der Waals surface area contributed by atoms with Gasteiger partial charge in [0.15, 0.2) is 0 Å². The SMILES string of the molecule is Oc1cc(Cl)c(-c2c(Cl)ccc(Cl)c2Cl)c(Cl)c1Cl.